The normalized spacial score (nSPS) is 16.0. The van der Waals surface area contributed by atoms with Gasteiger partial charge in [0.2, 0.25) is 0 Å². The van der Waals surface area contributed by atoms with Crippen LogP contribution in [0.2, 0.25) is 5.02 Å². The molecule has 0 radical (unpaired) electrons. The van der Waals surface area contributed by atoms with Gasteiger partial charge in [-0.15, -0.1) is 0 Å². The second-order valence-electron chi connectivity index (χ2n) is 4.78. The molecule has 116 valence electrons. The van der Waals surface area contributed by atoms with Crippen molar-refractivity contribution in [3.63, 3.8) is 0 Å². The third-order valence-electron chi connectivity index (χ3n) is 3.40. The van der Waals surface area contributed by atoms with Crippen molar-refractivity contribution in [3.8, 4) is 0 Å². The quantitative estimate of drug-likeness (QED) is 0.544. The summed E-state index contributed by atoms with van der Waals surface area (Å²) in [5.41, 5.74) is 2.80. The van der Waals surface area contributed by atoms with Crippen molar-refractivity contribution in [1.82, 2.24) is 9.88 Å². The number of carbonyl (C=O) groups is 1. The van der Waals surface area contributed by atoms with Crippen LogP contribution in [0.4, 0.5) is 5.82 Å². The summed E-state index contributed by atoms with van der Waals surface area (Å²) in [6, 6.07) is 1.56. The molecule has 8 heteroatoms. The van der Waals surface area contributed by atoms with Gasteiger partial charge in [-0.2, -0.15) is 0 Å². The lowest BCUT2D eigenvalue weighted by Gasteiger charge is -2.31. The smallest absolute Gasteiger partial charge is 0.255 e. The maximum atomic E-state index is 12.4. The molecule has 0 aromatic carbocycles. The molecule has 1 aliphatic rings. The lowest BCUT2D eigenvalue weighted by Crippen LogP contribution is -2.41. The second kappa shape index (κ2) is 7.56. The van der Waals surface area contributed by atoms with Crippen molar-refractivity contribution in [2.45, 2.75) is 18.9 Å². The first-order valence-electron chi connectivity index (χ1n) is 6.79. The first-order valence-corrected chi connectivity index (χ1v) is 7.17. The number of hydrogen-bond donors (Lipinski definition) is 3. The number of ether oxygens (including phenoxy) is 1. The van der Waals surface area contributed by atoms with Gasteiger partial charge >= 0.3 is 0 Å². The first-order chi connectivity index (χ1) is 10.2. The molecule has 7 nitrogen and oxygen atoms in total. The summed E-state index contributed by atoms with van der Waals surface area (Å²) in [5, 5.41) is 9.04. The lowest BCUT2D eigenvalue weighted by atomic mass is 10.1. The third-order valence-corrected chi connectivity index (χ3v) is 3.69. The Morgan fingerprint density at radius 3 is 2.86 bits per heavy atom. The number of nitrogens with two attached hydrogens (primary N) is 1. The molecule has 4 N–H and O–H groups in total. The van der Waals surface area contributed by atoms with Crippen molar-refractivity contribution in [3.05, 3.63) is 22.8 Å². The zero-order valence-electron chi connectivity index (χ0n) is 11.6. The number of nitrogen functional groups attached to an aromatic ring is 1. The summed E-state index contributed by atoms with van der Waals surface area (Å²) in [7, 11) is 0. The highest BCUT2D eigenvalue weighted by Gasteiger charge is 2.24. The van der Waals surface area contributed by atoms with Crippen LogP contribution in [0.15, 0.2) is 12.3 Å². The molecule has 1 amide bonds. The van der Waals surface area contributed by atoms with Gasteiger partial charge in [0.15, 0.2) is 5.82 Å². The Balaban J connectivity index is 1.94. The standard InChI is InChI=1S/C13H19ClN4O3/c14-11-7-9(8-16-12(11)17-15)13(20)18-3-1-10(2-4-18)21-6-5-19/h7-8,10,19H,1-6,15H2,(H,16,17). The minimum atomic E-state index is -0.103. The number of nitrogens with one attached hydrogen (secondary N) is 1. The molecule has 0 aliphatic carbocycles. The van der Waals surface area contributed by atoms with Gasteiger partial charge in [-0.1, -0.05) is 11.6 Å². The van der Waals surface area contributed by atoms with E-state index in [-0.39, 0.29) is 18.6 Å². The first kappa shape index (κ1) is 16.0. The number of amides is 1. The number of anilines is 1. The molecule has 0 atom stereocenters. The summed E-state index contributed by atoms with van der Waals surface area (Å²) in [6.07, 6.45) is 3.08. The molecule has 1 saturated heterocycles. The van der Waals surface area contributed by atoms with Crippen LogP contribution in [-0.2, 0) is 4.74 Å². The molecule has 0 bridgehead atoms. The fourth-order valence-electron chi connectivity index (χ4n) is 2.29. The van der Waals surface area contributed by atoms with E-state index in [2.05, 4.69) is 10.4 Å². The Bertz CT molecular complexity index is 492. The highest BCUT2D eigenvalue weighted by atomic mass is 35.5. The number of hydrogen-bond acceptors (Lipinski definition) is 6. The second-order valence-corrected chi connectivity index (χ2v) is 5.19. The van der Waals surface area contributed by atoms with Crippen LogP contribution in [0, 0.1) is 0 Å². The zero-order valence-corrected chi connectivity index (χ0v) is 12.3. The van der Waals surface area contributed by atoms with E-state index in [1.54, 1.807) is 11.0 Å². The van der Waals surface area contributed by atoms with Crippen LogP contribution < -0.4 is 11.3 Å². The Kier molecular flexibility index (Phi) is 5.75. The molecule has 1 aromatic heterocycles. The number of hydrazine groups is 1. The number of likely N-dealkylation sites (tertiary alicyclic amines) is 1. The highest BCUT2D eigenvalue weighted by Crippen LogP contribution is 2.21. The number of halogens is 1. The van der Waals surface area contributed by atoms with E-state index in [4.69, 9.17) is 27.3 Å². The summed E-state index contributed by atoms with van der Waals surface area (Å²) in [6.45, 7) is 1.59. The van der Waals surface area contributed by atoms with Gasteiger partial charge < -0.3 is 20.2 Å². The summed E-state index contributed by atoms with van der Waals surface area (Å²) >= 11 is 5.97. The van der Waals surface area contributed by atoms with Crippen molar-refractivity contribution >= 4 is 23.3 Å². The number of carbonyl (C=O) groups excluding carboxylic acids is 1. The van der Waals surface area contributed by atoms with Crippen molar-refractivity contribution in [1.29, 1.82) is 0 Å². The van der Waals surface area contributed by atoms with Gasteiger partial charge in [-0.3, -0.25) is 4.79 Å². The van der Waals surface area contributed by atoms with E-state index in [0.29, 0.717) is 36.1 Å². The molecule has 0 unspecified atom stereocenters. The Labute approximate surface area is 128 Å². The molecule has 0 saturated carbocycles. The van der Waals surface area contributed by atoms with Crippen LogP contribution in [0.1, 0.15) is 23.2 Å². The molecule has 2 heterocycles. The maximum absolute atomic E-state index is 12.4. The fraction of sp³-hybridized carbons (Fsp3) is 0.538. The highest BCUT2D eigenvalue weighted by molar-refractivity contribution is 6.33. The number of aliphatic hydroxyl groups is 1. The van der Waals surface area contributed by atoms with Gasteiger partial charge in [0.05, 0.1) is 29.9 Å². The SMILES string of the molecule is NNc1ncc(C(=O)N2CCC(OCCO)CC2)cc1Cl. The number of aliphatic hydroxyl groups excluding tert-OH is 1. The predicted molar refractivity (Wildman–Crippen MR) is 79.0 cm³/mol. The van der Waals surface area contributed by atoms with Gasteiger partial charge in [-0.25, -0.2) is 10.8 Å². The van der Waals surface area contributed by atoms with E-state index >= 15 is 0 Å². The van der Waals surface area contributed by atoms with Gasteiger partial charge in [0.1, 0.15) is 0 Å². The average molecular weight is 315 g/mol. The summed E-state index contributed by atoms with van der Waals surface area (Å²) in [4.78, 5) is 18.1. The van der Waals surface area contributed by atoms with E-state index in [0.717, 1.165) is 12.8 Å². The van der Waals surface area contributed by atoms with Crippen LogP contribution in [-0.4, -0.2) is 53.3 Å². The summed E-state index contributed by atoms with van der Waals surface area (Å²) in [5.74, 6) is 5.49. The molecular weight excluding hydrogens is 296 g/mol. The zero-order chi connectivity index (χ0) is 15.2. The minimum Gasteiger partial charge on any atom is -0.394 e. The Hall–Kier alpha value is -1.41. The maximum Gasteiger partial charge on any atom is 0.255 e. The van der Waals surface area contributed by atoms with Crippen molar-refractivity contribution in [2.24, 2.45) is 5.84 Å². The molecule has 1 aliphatic heterocycles. The molecule has 2 rings (SSSR count). The minimum absolute atomic E-state index is 0.0187. The Morgan fingerprint density at radius 1 is 1.57 bits per heavy atom. The monoisotopic (exact) mass is 314 g/mol. The number of aromatic nitrogens is 1. The molecule has 1 fully saturated rings. The predicted octanol–water partition coefficient (Wildman–Crippen LogP) is 0.634. The topological polar surface area (TPSA) is 101 Å². The number of piperidine rings is 1. The van der Waals surface area contributed by atoms with Gasteiger partial charge in [0, 0.05) is 19.3 Å². The number of nitrogens with zero attached hydrogens (tertiary/aromatic N) is 2. The number of rotatable bonds is 5. The largest absolute Gasteiger partial charge is 0.394 e. The van der Waals surface area contributed by atoms with E-state index < -0.39 is 0 Å². The Morgan fingerprint density at radius 2 is 2.29 bits per heavy atom. The van der Waals surface area contributed by atoms with E-state index in [1.165, 1.54) is 6.20 Å². The van der Waals surface area contributed by atoms with Crippen LogP contribution in [0.3, 0.4) is 0 Å². The van der Waals surface area contributed by atoms with Crippen LogP contribution in [0.25, 0.3) is 0 Å². The van der Waals surface area contributed by atoms with Crippen LogP contribution in [0.5, 0.6) is 0 Å². The number of pyridine rings is 1. The third kappa shape index (κ3) is 4.04. The molecule has 0 spiro atoms. The van der Waals surface area contributed by atoms with E-state index in [9.17, 15) is 4.79 Å². The van der Waals surface area contributed by atoms with Gasteiger partial charge in [0.25, 0.3) is 5.91 Å². The van der Waals surface area contributed by atoms with E-state index in [1.807, 2.05) is 0 Å². The van der Waals surface area contributed by atoms with Gasteiger partial charge in [-0.05, 0) is 18.9 Å². The fourth-order valence-corrected chi connectivity index (χ4v) is 2.51. The average Bonchev–Trinajstić information content (AvgIpc) is 2.52. The molecular formula is C13H19ClN4O3. The van der Waals surface area contributed by atoms with Crippen LogP contribution >= 0.6 is 11.6 Å². The lowest BCUT2D eigenvalue weighted by molar-refractivity contribution is -0.00554. The van der Waals surface area contributed by atoms with Crippen molar-refractivity contribution in [2.75, 3.05) is 31.7 Å². The summed E-state index contributed by atoms with van der Waals surface area (Å²) < 4.78 is 5.47. The van der Waals surface area contributed by atoms with Crippen molar-refractivity contribution < 1.29 is 14.6 Å². The molecule has 21 heavy (non-hydrogen) atoms. The molecule has 1 aromatic rings.